The number of benzene rings is 2. The van der Waals surface area contributed by atoms with E-state index in [-0.39, 0.29) is 22.6 Å². The molecule has 1 fully saturated rings. The minimum absolute atomic E-state index is 0.166. The molecule has 4 rings (SSSR count). The van der Waals surface area contributed by atoms with Crippen LogP contribution in [0.4, 0.5) is 4.79 Å². The van der Waals surface area contributed by atoms with Crippen molar-refractivity contribution in [3.8, 4) is 0 Å². The van der Waals surface area contributed by atoms with E-state index in [1.807, 2.05) is 63.2 Å². The lowest BCUT2D eigenvalue weighted by molar-refractivity contribution is -0.930. The standard InChI is InChI=1S/C25H28ClN3O3/c1-25(2,3)29(24(31)32)14-6-7-19(29)16-28-23(30)21-9-5-4-8-20(21)22(27-28)15-17-10-12-18(26)13-11-17/h4-5,8-13,19H,6-7,14-16H2,1-3H3/t19-,29?/m1/s1. The lowest BCUT2D eigenvalue weighted by atomic mass is 9.99. The Bertz CT molecular complexity index is 1210. The zero-order chi connectivity index (χ0) is 23.1. The number of likely N-dealkylation sites (tertiary alicyclic amines) is 1. The Morgan fingerprint density at radius 2 is 1.81 bits per heavy atom. The summed E-state index contributed by atoms with van der Waals surface area (Å²) < 4.78 is 1.30. The number of quaternary nitrogens is 1. The highest BCUT2D eigenvalue weighted by molar-refractivity contribution is 6.30. The Morgan fingerprint density at radius 1 is 1.16 bits per heavy atom. The van der Waals surface area contributed by atoms with E-state index < -0.39 is 11.6 Å². The third kappa shape index (κ3) is 3.82. The molecule has 0 radical (unpaired) electrons. The second kappa shape index (κ2) is 8.34. The van der Waals surface area contributed by atoms with Crippen LogP contribution in [0, 0.1) is 0 Å². The number of aromatic nitrogens is 2. The van der Waals surface area contributed by atoms with Gasteiger partial charge in [0.25, 0.3) is 11.7 Å². The second-order valence-electron chi connectivity index (χ2n) is 9.61. The van der Waals surface area contributed by atoms with Crippen LogP contribution in [-0.4, -0.2) is 38.5 Å². The van der Waals surface area contributed by atoms with Gasteiger partial charge in [-0.25, -0.2) is 4.68 Å². The van der Waals surface area contributed by atoms with Gasteiger partial charge in [-0.05, 0) is 44.5 Å². The van der Waals surface area contributed by atoms with Gasteiger partial charge in [-0.3, -0.25) is 9.28 Å². The van der Waals surface area contributed by atoms with E-state index in [1.165, 1.54) is 4.68 Å². The van der Waals surface area contributed by atoms with Crippen LogP contribution in [0.15, 0.2) is 53.3 Å². The second-order valence-corrected chi connectivity index (χ2v) is 10.0. The van der Waals surface area contributed by atoms with E-state index in [1.54, 1.807) is 6.07 Å². The van der Waals surface area contributed by atoms with Crippen LogP contribution in [0.25, 0.3) is 10.8 Å². The van der Waals surface area contributed by atoms with Crippen LogP contribution in [0.5, 0.6) is 0 Å². The average molecular weight is 454 g/mol. The molecule has 1 amide bonds. The molecule has 2 heterocycles. The monoisotopic (exact) mass is 453 g/mol. The van der Waals surface area contributed by atoms with Gasteiger partial charge in [0.05, 0.1) is 29.7 Å². The fourth-order valence-electron chi connectivity index (χ4n) is 5.16. The summed E-state index contributed by atoms with van der Waals surface area (Å²) >= 11 is 6.02. The molecule has 32 heavy (non-hydrogen) atoms. The predicted molar refractivity (Wildman–Crippen MR) is 124 cm³/mol. The molecule has 2 aromatic carbocycles. The SMILES string of the molecule is CC(C)(C)[N+]1(C(=O)[O-])CCC[C@@H]1Cn1nc(Cc2ccc(Cl)cc2)c2ccccc2c1=O. The molecule has 1 saturated heterocycles. The highest BCUT2D eigenvalue weighted by Gasteiger charge is 2.52. The van der Waals surface area contributed by atoms with Crippen LogP contribution in [0.2, 0.25) is 5.02 Å². The van der Waals surface area contributed by atoms with Crippen molar-refractivity contribution in [3.63, 3.8) is 0 Å². The third-order valence-electron chi connectivity index (χ3n) is 6.81. The predicted octanol–water partition coefficient (Wildman–Crippen LogP) is 3.76. The van der Waals surface area contributed by atoms with E-state index in [0.717, 1.165) is 23.1 Å². The summed E-state index contributed by atoms with van der Waals surface area (Å²) in [6, 6.07) is 14.7. The summed E-state index contributed by atoms with van der Waals surface area (Å²) in [6.07, 6.45) is 0.937. The fraction of sp³-hybridized carbons (Fsp3) is 0.400. The van der Waals surface area contributed by atoms with Crippen molar-refractivity contribution in [1.82, 2.24) is 9.78 Å². The Kier molecular flexibility index (Phi) is 5.86. The first kappa shape index (κ1) is 22.5. The van der Waals surface area contributed by atoms with Crippen LogP contribution in [0.3, 0.4) is 0 Å². The molecule has 0 spiro atoms. The molecule has 0 aliphatic carbocycles. The smallest absolute Gasteiger partial charge is 0.274 e. The highest BCUT2D eigenvalue weighted by Crippen LogP contribution is 2.37. The van der Waals surface area contributed by atoms with Gasteiger partial charge in [0.2, 0.25) is 0 Å². The number of halogens is 1. The van der Waals surface area contributed by atoms with Crippen LogP contribution in [0.1, 0.15) is 44.9 Å². The first-order chi connectivity index (χ1) is 15.1. The molecule has 168 valence electrons. The zero-order valence-corrected chi connectivity index (χ0v) is 19.4. The Morgan fingerprint density at radius 3 is 2.44 bits per heavy atom. The Hall–Kier alpha value is -2.70. The summed E-state index contributed by atoms with van der Waals surface area (Å²) in [4.78, 5) is 25.7. The van der Waals surface area contributed by atoms with Gasteiger partial charge in [-0.1, -0.05) is 41.9 Å². The van der Waals surface area contributed by atoms with E-state index >= 15 is 0 Å². The van der Waals surface area contributed by atoms with Gasteiger partial charge < -0.3 is 9.90 Å². The minimum atomic E-state index is -1.09. The molecule has 6 nitrogen and oxygen atoms in total. The average Bonchev–Trinajstić information content (AvgIpc) is 3.18. The van der Waals surface area contributed by atoms with Crippen molar-refractivity contribution in [2.75, 3.05) is 6.54 Å². The number of carbonyl (C=O) groups is 1. The van der Waals surface area contributed by atoms with E-state index in [0.29, 0.717) is 29.8 Å². The maximum Gasteiger partial charge on any atom is 0.274 e. The normalized spacial score (nSPS) is 21.2. The number of carbonyl (C=O) groups excluding carboxylic acids is 1. The summed E-state index contributed by atoms with van der Waals surface area (Å²) in [7, 11) is 0. The molecule has 1 aliphatic rings. The Balaban J connectivity index is 1.79. The molecule has 0 N–H and O–H groups in total. The number of amides is 1. The summed E-state index contributed by atoms with van der Waals surface area (Å²) in [6.45, 7) is 6.50. The van der Waals surface area contributed by atoms with Crippen LogP contribution >= 0.6 is 11.6 Å². The largest absolute Gasteiger partial charge is 0.498 e. The molecule has 2 atom stereocenters. The molecule has 0 bridgehead atoms. The van der Waals surface area contributed by atoms with E-state index in [9.17, 15) is 14.7 Å². The van der Waals surface area contributed by atoms with Crippen molar-refractivity contribution in [1.29, 1.82) is 0 Å². The molecule has 1 unspecified atom stereocenters. The van der Waals surface area contributed by atoms with Gasteiger partial charge in [0.15, 0.2) is 0 Å². The Labute approximate surface area is 192 Å². The number of hydrogen-bond donors (Lipinski definition) is 0. The van der Waals surface area contributed by atoms with Gasteiger partial charge in [-0.15, -0.1) is 0 Å². The summed E-state index contributed by atoms with van der Waals surface area (Å²) in [5, 5.41) is 19.1. The summed E-state index contributed by atoms with van der Waals surface area (Å²) in [5.74, 6) is 0. The number of nitrogens with zero attached hydrogens (tertiary/aromatic N) is 3. The number of hydrogen-bond acceptors (Lipinski definition) is 4. The van der Waals surface area contributed by atoms with Crippen molar-refractivity contribution in [2.45, 2.75) is 58.2 Å². The van der Waals surface area contributed by atoms with Crippen LogP contribution in [-0.2, 0) is 13.0 Å². The molecule has 7 heteroatoms. The quantitative estimate of drug-likeness (QED) is 0.563. The van der Waals surface area contributed by atoms with Crippen molar-refractivity contribution in [2.24, 2.45) is 0 Å². The van der Waals surface area contributed by atoms with Gasteiger partial charge in [0.1, 0.15) is 6.04 Å². The first-order valence-electron chi connectivity index (χ1n) is 11.0. The summed E-state index contributed by atoms with van der Waals surface area (Å²) in [5.41, 5.74) is 1.07. The van der Waals surface area contributed by atoms with Gasteiger partial charge in [-0.2, -0.15) is 5.10 Å². The first-order valence-corrected chi connectivity index (χ1v) is 11.3. The lowest BCUT2D eigenvalue weighted by Crippen LogP contribution is -2.70. The molecule has 1 aromatic heterocycles. The van der Waals surface area contributed by atoms with E-state index in [2.05, 4.69) is 0 Å². The molecular formula is C25H28ClN3O3. The molecule has 3 aromatic rings. The lowest BCUT2D eigenvalue weighted by Gasteiger charge is -2.49. The zero-order valence-electron chi connectivity index (χ0n) is 18.7. The van der Waals surface area contributed by atoms with Gasteiger partial charge in [0, 0.05) is 29.7 Å². The number of rotatable bonds is 4. The van der Waals surface area contributed by atoms with E-state index in [4.69, 9.17) is 16.7 Å². The highest BCUT2D eigenvalue weighted by atomic mass is 35.5. The minimum Gasteiger partial charge on any atom is -0.498 e. The van der Waals surface area contributed by atoms with Crippen molar-refractivity contribution in [3.05, 3.63) is 75.2 Å². The maximum atomic E-state index is 13.3. The number of fused-ring (bicyclic) bond motifs is 1. The van der Waals surface area contributed by atoms with Crippen molar-refractivity contribution >= 4 is 28.5 Å². The molecular weight excluding hydrogens is 426 g/mol. The molecule has 0 saturated carbocycles. The topological polar surface area (TPSA) is 75.0 Å². The molecule has 1 aliphatic heterocycles. The van der Waals surface area contributed by atoms with Crippen LogP contribution < -0.4 is 10.7 Å². The third-order valence-corrected chi connectivity index (χ3v) is 7.06. The van der Waals surface area contributed by atoms with Gasteiger partial charge >= 0.3 is 0 Å². The maximum absolute atomic E-state index is 13.3. The number of carboxylic acid groups (broad SMARTS) is 1. The van der Waals surface area contributed by atoms with Crippen molar-refractivity contribution < 1.29 is 14.4 Å². The fourth-order valence-corrected chi connectivity index (χ4v) is 5.29.